The van der Waals surface area contributed by atoms with Gasteiger partial charge in [-0.3, -0.25) is 4.79 Å². The van der Waals surface area contributed by atoms with Gasteiger partial charge in [-0.05, 0) is 43.9 Å². The average molecular weight is 399 g/mol. The normalized spacial score (nSPS) is 20.1. The number of aromatic nitrogens is 1. The van der Waals surface area contributed by atoms with Crippen molar-refractivity contribution in [3.05, 3.63) is 58.7 Å². The standard InChI is InChI=1S/C19H18ClF3N2O2/c20-16-4-2-1-3-15(16)18(26)25-13-6-8-14(9-7-13)27-17-10-5-12(11-24-17)19(21,22)23/h1-5,10-11,13-14H,6-9H2,(H,25,26). The van der Waals surface area contributed by atoms with Gasteiger partial charge in [0.2, 0.25) is 5.88 Å². The first-order valence-electron chi connectivity index (χ1n) is 8.58. The second-order valence-corrected chi connectivity index (χ2v) is 6.83. The largest absolute Gasteiger partial charge is 0.474 e. The molecule has 1 fully saturated rings. The van der Waals surface area contributed by atoms with Crippen LogP contribution in [0.4, 0.5) is 13.2 Å². The maximum absolute atomic E-state index is 12.5. The Labute approximate surface area is 159 Å². The Kier molecular flexibility index (Phi) is 5.89. The summed E-state index contributed by atoms with van der Waals surface area (Å²) in [4.78, 5) is 16.0. The molecule has 1 heterocycles. The van der Waals surface area contributed by atoms with E-state index in [0.29, 0.717) is 36.3 Å². The predicted octanol–water partition coefficient (Wildman–Crippen LogP) is 4.87. The first-order valence-corrected chi connectivity index (χ1v) is 8.96. The van der Waals surface area contributed by atoms with E-state index in [1.807, 2.05) is 0 Å². The number of carbonyl (C=O) groups is 1. The number of ether oxygens (including phenoxy) is 1. The number of rotatable bonds is 4. The number of carbonyl (C=O) groups excluding carboxylic acids is 1. The third-order valence-corrected chi connectivity index (χ3v) is 4.81. The molecule has 1 N–H and O–H groups in total. The van der Waals surface area contributed by atoms with Crippen molar-refractivity contribution < 1.29 is 22.7 Å². The summed E-state index contributed by atoms with van der Waals surface area (Å²) in [6.45, 7) is 0. The Hall–Kier alpha value is -2.28. The molecule has 0 radical (unpaired) electrons. The maximum atomic E-state index is 12.5. The maximum Gasteiger partial charge on any atom is 0.417 e. The third kappa shape index (κ3) is 5.13. The molecule has 1 aromatic heterocycles. The highest BCUT2D eigenvalue weighted by Gasteiger charge is 2.31. The van der Waals surface area contributed by atoms with Crippen LogP contribution in [0.3, 0.4) is 0 Å². The fraction of sp³-hybridized carbons (Fsp3) is 0.368. The zero-order valence-electron chi connectivity index (χ0n) is 14.3. The van der Waals surface area contributed by atoms with E-state index in [4.69, 9.17) is 16.3 Å². The summed E-state index contributed by atoms with van der Waals surface area (Å²) in [5, 5.41) is 3.37. The molecule has 1 aliphatic carbocycles. The molecule has 1 saturated carbocycles. The molecular formula is C19H18ClF3N2O2. The molecule has 8 heteroatoms. The van der Waals surface area contributed by atoms with Gasteiger partial charge in [-0.2, -0.15) is 13.2 Å². The monoisotopic (exact) mass is 398 g/mol. The first kappa shape index (κ1) is 19.5. The van der Waals surface area contributed by atoms with Crippen molar-refractivity contribution in [2.24, 2.45) is 0 Å². The summed E-state index contributed by atoms with van der Waals surface area (Å²) in [6, 6.07) is 9.04. The molecule has 3 rings (SSSR count). The summed E-state index contributed by atoms with van der Waals surface area (Å²) >= 11 is 6.03. The lowest BCUT2D eigenvalue weighted by molar-refractivity contribution is -0.137. The Morgan fingerprint density at radius 2 is 1.81 bits per heavy atom. The van der Waals surface area contributed by atoms with Crippen molar-refractivity contribution in [2.45, 2.75) is 44.0 Å². The van der Waals surface area contributed by atoms with Crippen LogP contribution in [0.15, 0.2) is 42.6 Å². The highest BCUT2D eigenvalue weighted by Crippen LogP contribution is 2.30. The summed E-state index contributed by atoms with van der Waals surface area (Å²) in [5.74, 6) is -0.0408. The molecule has 0 bridgehead atoms. The number of alkyl halides is 3. The molecule has 0 saturated heterocycles. The van der Waals surface area contributed by atoms with Crippen LogP contribution in [0.5, 0.6) is 5.88 Å². The highest BCUT2D eigenvalue weighted by atomic mass is 35.5. The number of pyridine rings is 1. The molecule has 1 aliphatic rings. The predicted molar refractivity (Wildman–Crippen MR) is 94.8 cm³/mol. The van der Waals surface area contributed by atoms with Gasteiger partial charge >= 0.3 is 6.18 Å². The van der Waals surface area contributed by atoms with Crippen LogP contribution in [0, 0.1) is 0 Å². The van der Waals surface area contributed by atoms with E-state index in [1.165, 1.54) is 6.07 Å². The minimum Gasteiger partial charge on any atom is -0.474 e. The van der Waals surface area contributed by atoms with Crippen molar-refractivity contribution in [2.75, 3.05) is 0 Å². The zero-order valence-corrected chi connectivity index (χ0v) is 15.1. The van der Waals surface area contributed by atoms with Crippen LogP contribution in [0.25, 0.3) is 0 Å². The smallest absolute Gasteiger partial charge is 0.417 e. The molecule has 1 amide bonds. The number of benzene rings is 1. The van der Waals surface area contributed by atoms with Crippen LogP contribution in [0.1, 0.15) is 41.6 Å². The van der Waals surface area contributed by atoms with Crippen molar-refractivity contribution in [3.8, 4) is 5.88 Å². The number of amides is 1. The van der Waals surface area contributed by atoms with Gasteiger partial charge in [0, 0.05) is 18.3 Å². The minimum atomic E-state index is -4.41. The van der Waals surface area contributed by atoms with Crippen molar-refractivity contribution in [1.29, 1.82) is 0 Å². The van der Waals surface area contributed by atoms with E-state index < -0.39 is 11.7 Å². The van der Waals surface area contributed by atoms with Gasteiger partial charge < -0.3 is 10.1 Å². The summed E-state index contributed by atoms with van der Waals surface area (Å²) in [7, 11) is 0. The van der Waals surface area contributed by atoms with Gasteiger partial charge in [0.25, 0.3) is 5.91 Å². The highest BCUT2D eigenvalue weighted by molar-refractivity contribution is 6.33. The number of nitrogens with one attached hydrogen (secondary N) is 1. The Morgan fingerprint density at radius 3 is 2.41 bits per heavy atom. The van der Waals surface area contributed by atoms with Gasteiger partial charge in [0.1, 0.15) is 6.10 Å². The fourth-order valence-corrected chi connectivity index (χ4v) is 3.24. The molecule has 0 aliphatic heterocycles. The topological polar surface area (TPSA) is 51.2 Å². The van der Waals surface area contributed by atoms with Crippen LogP contribution in [-0.2, 0) is 6.18 Å². The molecule has 4 nitrogen and oxygen atoms in total. The Balaban J connectivity index is 1.49. The summed E-state index contributed by atoms with van der Waals surface area (Å²) in [5.41, 5.74) is -0.368. The van der Waals surface area contributed by atoms with E-state index in [9.17, 15) is 18.0 Å². The molecule has 1 aromatic carbocycles. The van der Waals surface area contributed by atoms with Gasteiger partial charge in [-0.1, -0.05) is 23.7 Å². The third-order valence-electron chi connectivity index (χ3n) is 4.48. The molecule has 0 unspecified atom stereocenters. The molecule has 0 spiro atoms. The van der Waals surface area contributed by atoms with E-state index in [1.54, 1.807) is 24.3 Å². The first-order chi connectivity index (χ1) is 12.8. The minimum absolute atomic E-state index is 0.00851. The lowest BCUT2D eigenvalue weighted by Gasteiger charge is -2.29. The van der Waals surface area contributed by atoms with Crippen LogP contribution >= 0.6 is 11.6 Å². The van der Waals surface area contributed by atoms with Crippen LogP contribution in [-0.4, -0.2) is 23.0 Å². The van der Waals surface area contributed by atoms with Crippen molar-refractivity contribution in [3.63, 3.8) is 0 Å². The number of nitrogens with zero attached hydrogens (tertiary/aromatic N) is 1. The SMILES string of the molecule is O=C(NC1CCC(Oc2ccc(C(F)(F)F)cn2)CC1)c1ccccc1Cl. The van der Waals surface area contributed by atoms with E-state index >= 15 is 0 Å². The van der Waals surface area contributed by atoms with Gasteiger partial charge in [0.05, 0.1) is 16.1 Å². The number of hydrogen-bond acceptors (Lipinski definition) is 3. The molecular weight excluding hydrogens is 381 g/mol. The lowest BCUT2D eigenvalue weighted by Crippen LogP contribution is -2.39. The van der Waals surface area contributed by atoms with E-state index in [-0.39, 0.29) is 23.9 Å². The zero-order chi connectivity index (χ0) is 19.4. The van der Waals surface area contributed by atoms with Gasteiger partial charge in [-0.25, -0.2) is 4.98 Å². The van der Waals surface area contributed by atoms with Gasteiger partial charge in [-0.15, -0.1) is 0 Å². The second-order valence-electron chi connectivity index (χ2n) is 6.43. The Bertz CT molecular complexity index is 788. The summed E-state index contributed by atoms with van der Waals surface area (Å²) in [6.07, 6.45) is -1.01. The molecule has 27 heavy (non-hydrogen) atoms. The van der Waals surface area contributed by atoms with E-state index in [0.717, 1.165) is 12.3 Å². The van der Waals surface area contributed by atoms with Gasteiger partial charge in [0.15, 0.2) is 0 Å². The van der Waals surface area contributed by atoms with Crippen LogP contribution < -0.4 is 10.1 Å². The summed E-state index contributed by atoms with van der Waals surface area (Å²) < 4.78 is 43.3. The number of hydrogen-bond donors (Lipinski definition) is 1. The van der Waals surface area contributed by atoms with Crippen LogP contribution in [0.2, 0.25) is 5.02 Å². The quantitative estimate of drug-likeness (QED) is 0.799. The molecule has 0 atom stereocenters. The fourth-order valence-electron chi connectivity index (χ4n) is 3.02. The Morgan fingerprint density at radius 1 is 1.11 bits per heavy atom. The number of halogens is 4. The van der Waals surface area contributed by atoms with Crippen molar-refractivity contribution in [1.82, 2.24) is 10.3 Å². The van der Waals surface area contributed by atoms with E-state index in [2.05, 4.69) is 10.3 Å². The second kappa shape index (κ2) is 8.17. The van der Waals surface area contributed by atoms with Crippen molar-refractivity contribution >= 4 is 17.5 Å². The lowest BCUT2D eigenvalue weighted by atomic mass is 9.92. The average Bonchev–Trinajstić information content (AvgIpc) is 2.63. The molecule has 2 aromatic rings. The molecule has 144 valence electrons.